The molecule has 150 heavy (non-hydrogen) atoms. The highest BCUT2D eigenvalue weighted by Gasteiger charge is 2.32. The van der Waals surface area contributed by atoms with Crippen LogP contribution in [0.1, 0.15) is 216 Å². The normalized spacial score (nSPS) is 18.2. The van der Waals surface area contributed by atoms with Crippen molar-refractivity contribution < 1.29 is 179 Å². The van der Waals surface area contributed by atoms with E-state index in [1.165, 1.54) is 184 Å². The molecule has 0 aromatic heterocycles. The Hall–Kier alpha value is -2.14. The lowest BCUT2D eigenvalue weighted by Crippen LogP contribution is -3.15. The maximum Gasteiger partial charge on any atom is 0.128 e. The second-order valence-corrected chi connectivity index (χ2v) is 59.8. The number of quaternary nitrogens is 16. The summed E-state index contributed by atoms with van der Waals surface area (Å²) in [7, 11) is 6.90. The van der Waals surface area contributed by atoms with Gasteiger partial charge in [0.15, 0.2) is 0 Å². The van der Waals surface area contributed by atoms with Gasteiger partial charge in [0.2, 0.25) is 0 Å². The molecule has 904 valence electrons. The lowest BCUT2D eigenvalue weighted by atomic mass is 10.2. The fourth-order valence-electron chi connectivity index (χ4n) is 18.1. The molecule has 0 amide bonds. The van der Waals surface area contributed by atoms with E-state index in [2.05, 4.69) is 187 Å². The van der Waals surface area contributed by atoms with Crippen molar-refractivity contribution in [1.82, 2.24) is 0 Å². The van der Waals surface area contributed by atoms with Crippen molar-refractivity contribution in [1.29, 1.82) is 0 Å². The van der Waals surface area contributed by atoms with Gasteiger partial charge < -0.3 is 111 Å². The van der Waals surface area contributed by atoms with E-state index >= 15 is 0 Å². The molecule has 0 radical (unpaired) electrons. The first-order valence-corrected chi connectivity index (χ1v) is 69.1. The zero-order valence-electron chi connectivity index (χ0n) is 99.8. The van der Waals surface area contributed by atoms with E-state index in [9.17, 15) is 104 Å². The maximum atomic E-state index is 10.8. The summed E-state index contributed by atoms with van der Waals surface area (Å²) in [5.74, 6) is -1.91. The molecule has 0 saturated carbocycles. The Morgan fingerprint density at radius 1 is 0.260 bits per heavy atom. The van der Waals surface area contributed by atoms with Gasteiger partial charge in [0, 0.05) is 97.9 Å². The summed E-state index contributed by atoms with van der Waals surface area (Å²) < 4.78 is 262. The van der Waals surface area contributed by atoms with Crippen molar-refractivity contribution in [2.45, 2.75) is 217 Å². The Balaban J connectivity index is -0.000000535. The van der Waals surface area contributed by atoms with E-state index in [1.54, 1.807) is 0 Å². The maximum absolute atomic E-state index is 10.8. The number of rotatable bonds is 75. The van der Waals surface area contributed by atoms with Crippen LogP contribution in [0.3, 0.4) is 0 Å². The smallest absolute Gasteiger partial charge is 0.128 e. The molecule has 2 fully saturated rings. The molecule has 1 aromatic rings. The van der Waals surface area contributed by atoms with Gasteiger partial charge in [0.05, 0.1) is 350 Å². The summed E-state index contributed by atoms with van der Waals surface area (Å²) in [5, 5.41) is 0. The van der Waals surface area contributed by atoms with Crippen molar-refractivity contribution in [3.63, 3.8) is 0 Å². The van der Waals surface area contributed by atoms with Gasteiger partial charge in [0.25, 0.3) is 0 Å². The molecule has 2 heterocycles. The molecule has 3 rings (SSSR count). The largest absolute Gasteiger partial charge is 0.748 e. The number of nitrogens with one attached hydrogen (secondary N) is 8. The molecule has 0 spiro atoms. The van der Waals surface area contributed by atoms with E-state index in [4.69, 9.17) is 0 Å². The number of benzene rings is 1. The Labute approximate surface area is 920 Å². The molecule has 2 aliphatic rings. The third-order valence-electron chi connectivity index (χ3n) is 28.7. The van der Waals surface area contributed by atoms with E-state index in [0.717, 1.165) is 235 Å². The molecule has 48 heteroatoms. The SMILES string of the molecule is CCCC[N+](C)(C)CCC[NH+](C)CCCS(=O)(=O)[O-].CCCC[N+](C)(C)CC[NH+](C)CCCS(=O)(=O)[O-].CCCC[N+](C)(C)CC[NH+](CC)CCCS(=O)(=O)[O-].CCCC[N+](C)(C)CC[NH+](CCCS(=O)(=O)[O-])Cc1ccccc1.CCCC[N+]1(C)CCC[NH+](CCCS(=O)(=O)[O-])CC1.CCCC[N+]1(C)CC[NH+](CCCS(=O)(=O)[O-])CC1.CCC[N+](C)(C)CCC[NH+](C)CCS(=O)(=O)[O-].CCC[N+](C)(C)CC[NH+](C)CCS(=O)(=O)[O-]. The first kappa shape index (κ1) is 156. The van der Waals surface area contributed by atoms with Gasteiger partial charge in [0.1, 0.15) is 118 Å². The van der Waals surface area contributed by atoms with E-state index in [0.29, 0.717) is 58.2 Å². The van der Waals surface area contributed by atoms with E-state index in [1.807, 2.05) is 32.3 Å². The van der Waals surface area contributed by atoms with Crippen molar-refractivity contribution in [2.75, 3.05) is 415 Å². The number of hydrogen-bond donors (Lipinski definition) is 8. The number of piperazine rings is 1. The predicted octanol–water partition coefficient (Wildman–Crippen LogP) is -4.42. The minimum Gasteiger partial charge on any atom is -0.748 e. The quantitative estimate of drug-likeness (QED) is 0.0225. The monoisotopic (exact) mass is 2320 g/mol. The topological polar surface area (TPSA) is 493 Å². The highest BCUT2D eigenvalue weighted by Crippen LogP contribution is 2.11. The minimum atomic E-state index is -4.12. The van der Waals surface area contributed by atoms with Crippen molar-refractivity contribution in [3.8, 4) is 0 Å². The van der Waals surface area contributed by atoms with Crippen LogP contribution in [0.5, 0.6) is 0 Å². The number of hydrogen-bond acceptors (Lipinski definition) is 24. The molecular weight excluding hydrogens is 2090 g/mol. The Morgan fingerprint density at radius 3 is 0.827 bits per heavy atom. The van der Waals surface area contributed by atoms with Crippen molar-refractivity contribution in [2.24, 2.45) is 0 Å². The highest BCUT2D eigenvalue weighted by atomic mass is 32.2. The van der Waals surface area contributed by atoms with Crippen LogP contribution in [-0.2, 0) is 87.5 Å². The number of nitrogens with zero attached hydrogens (tertiary/aromatic N) is 8. The van der Waals surface area contributed by atoms with E-state index in [-0.39, 0.29) is 46.0 Å². The zero-order valence-corrected chi connectivity index (χ0v) is 106. The predicted molar refractivity (Wildman–Crippen MR) is 600 cm³/mol. The Bertz CT molecular complexity index is 4480. The first-order chi connectivity index (χ1) is 68.8. The summed E-state index contributed by atoms with van der Waals surface area (Å²) >= 11 is 0. The average molecular weight is 2320 g/mol. The van der Waals surface area contributed by atoms with Crippen LogP contribution >= 0.6 is 0 Å². The third kappa shape index (κ3) is 110. The molecule has 0 bridgehead atoms. The molecule has 2 aliphatic heterocycles. The van der Waals surface area contributed by atoms with Crippen LogP contribution in [0.25, 0.3) is 0 Å². The van der Waals surface area contributed by atoms with Crippen LogP contribution < -0.4 is 39.2 Å². The summed E-state index contributed by atoms with van der Waals surface area (Å²) in [6.07, 6.45) is 23.4. The van der Waals surface area contributed by atoms with Gasteiger partial charge in [-0.05, 0) is 58.3 Å². The summed E-state index contributed by atoms with van der Waals surface area (Å²) in [6.45, 7) is 57.9. The van der Waals surface area contributed by atoms with Gasteiger partial charge in [-0.2, -0.15) is 0 Å². The van der Waals surface area contributed by atoms with E-state index < -0.39 is 80.9 Å². The van der Waals surface area contributed by atoms with Crippen LogP contribution in [-0.4, -0.2) is 555 Å². The van der Waals surface area contributed by atoms with Gasteiger partial charge in [-0.15, -0.1) is 0 Å². The van der Waals surface area contributed by atoms with Crippen LogP contribution in [0, 0.1) is 0 Å². The molecule has 8 unspecified atom stereocenters. The molecule has 8 N–H and O–H groups in total. The Kier molecular flexibility index (Phi) is 85.7. The molecule has 8 atom stereocenters. The van der Waals surface area contributed by atoms with Gasteiger partial charge in [-0.1, -0.05) is 124 Å². The average Bonchev–Trinajstić information content (AvgIpc) is 1.13. The van der Waals surface area contributed by atoms with Crippen LogP contribution in [0.4, 0.5) is 0 Å². The third-order valence-corrected chi connectivity index (χ3v) is 34.8. The highest BCUT2D eigenvalue weighted by molar-refractivity contribution is 7.87. The second-order valence-electron chi connectivity index (χ2n) is 47.6. The fraction of sp³-hybridized carbons (Fsp3) is 0.941. The summed E-state index contributed by atoms with van der Waals surface area (Å²) in [6, 6.07) is 10.2. The molecule has 1 aromatic carbocycles. The summed E-state index contributed by atoms with van der Waals surface area (Å²) in [5.41, 5.74) is 1.25. The number of unbranched alkanes of at least 4 members (excludes halogenated alkanes) is 6. The van der Waals surface area contributed by atoms with Crippen molar-refractivity contribution in [3.05, 3.63) is 35.9 Å². The fourth-order valence-corrected chi connectivity index (χ4v) is 22.3. The summed E-state index contributed by atoms with van der Waals surface area (Å²) in [4.78, 5) is 10.4. The molecular formula is C102H232N16O24S8+8. The molecule has 0 aliphatic carbocycles. The van der Waals surface area contributed by atoms with Crippen LogP contribution in [0.15, 0.2) is 30.3 Å². The second kappa shape index (κ2) is 82.3. The zero-order chi connectivity index (χ0) is 117. The first-order valence-electron chi connectivity index (χ1n) is 56.5. The van der Waals surface area contributed by atoms with Crippen LogP contribution in [0.2, 0.25) is 0 Å². The lowest BCUT2D eigenvalue weighted by molar-refractivity contribution is -1.01. The standard InChI is InChI=1S/C18H32N2O3S.C13H28N2O3S.2C13H30N2O3S.C12H26N2O3S.C12H28N2O3S.C11H26N2O3S.C10H24N2O3S/c1-4-5-14-20(2,3)15-13-19(12-9-16-24(21,22)23)17-18-10-7-6-8-11-18;1-3-4-10-15(2)11-5-7-14(9-12-15)8-6-13-19(16,17)18;1-5-6-11-15(3,4)12-7-9-14(2)10-8-13-19(16,17)18;1-5-7-11-15(3,4)12-10-14(6-2)9-8-13-19(16,17)18;1-3-4-9-14(2)10-7-13(8-11-14)6-5-12-18(15,16)17;1-5-6-10-14(3,4)11-9-13(2)8-7-12-18(15,16)17;1-5-9-13(3,4)10-6-7-12(2)8-11-17(14,15)16;1-5-8-12(3,4)9-6-11(2)7-10-16(13,14)15/h6-8,10-11H,4-5,9,12-17H2,1-3H3;3-13H2,1-2H3;2*5-13H2,1-4H3;3-12H2,1-2H3;5-12H2,1-4H3;5-11H2,1-4H3;5-10H2,1-4H3/p+8. The number of likely N-dealkylation sites (N-methyl/N-ethyl adjacent to an activating group) is 9. The molecule has 40 nitrogen and oxygen atoms in total. The van der Waals surface area contributed by atoms with Gasteiger partial charge in [-0.25, -0.2) is 67.3 Å². The van der Waals surface area contributed by atoms with Crippen molar-refractivity contribution >= 4 is 80.9 Å². The minimum absolute atomic E-state index is 0.210. The van der Waals surface area contributed by atoms with Gasteiger partial charge >= 0.3 is 0 Å². The molecule has 2 saturated heterocycles. The Morgan fingerprint density at radius 2 is 0.507 bits per heavy atom. The lowest BCUT2D eigenvalue weighted by Gasteiger charge is -2.40. The van der Waals surface area contributed by atoms with Gasteiger partial charge in [-0.3, -0.25) is 0 Å².